The van der Waals surface area contributed by atoms with E-state index < -0.39 is 17.7 Å². The number of methoxy groups -OCH3 is 3. The van der Waals surface area contributed by atoms with E-state index in [1.54, 1.807) is 49.6 Å². The molecule has 0 saturated carbocycles. The van der Waals surface area contributed by atoms with Crippen molar-refractivity contribution in [2.45, 2.75) is 6.04 Å². The molecule has 1 atom stereocenters. The summed E-state index contributed by atoms with van der Waals surface area (Å²) < 4.78 is 21.3. The first-order valence-corrected chi connectivity index (χ1v) is 11.4. The van der Waals surface area contributed by atoms with Crippen LogP contribution in [0, 0.1) is 0 Å². The number of ether oxygens (including phenoxy) is 4. The van der Waals surface area contributed by atoms with Gasteiger partial charge in [0, 0.05) is 31.7 Å². The molecule has 2 aliphatic heterocycles. The summed E-state index contributed by atoms with van der Waals surface area (Å²) in [5.41, 5.74) is 1.09. The van der Waals surface area contributed by atoms with Gasteiger partial charge in [-0.3, -0.25) is 14.5 Å². The summed E-state index contributed by atoms with van der Waals surface area (Å²) in [6.07, 6.45) is 0. The number of likely N-dealkylation sites (tertiary alicyclic amines) is 1. The van der Waals surface area contributed by atoms with Crippen LogP contribution in [0.1, 0.15) is 17.2 Å². The molecular weight excluding hydrogens is 452 g/mol. The Kier molecular flexibility index (Phi) is 7.57. The molecular formula is C26H30N2O7. The van der Waals surface area contributed by atoms with Gasteiger partial charge in [0.15, 0.2) is 11.5 Å². The highest BCUT2D eigenvalue weighted by Crippen LogP contribution is 2.41. The van der Waals surface area contributed by atoms with Crippen molar-refractivity contribution in [1.82, 2.24) is 9.80 Å². The molecule has 9 heteroatoms. The Hall–Kier alpha value is -3.56. The topological polar surface area (TPSA) is 97.8 Å². The highest BCUT2D eigenvalue weighted by Gasteiger charge is 2.46. The predicted octanol–water partition coefficient (Wildman–Crippen LogP) is 2.47. The summed E-state index contributed by atoms with van der Waals surface area (Å²) >= 11 is 0. The minimum atomic E-state index is -0.741. The average Bonchev–Trinajstić information content (AvgIpc) is 3.16. The van der Waals surface area contributed by atoms with E-state index in [4.69, 9.17) is 18.9 Å². The molecule has 4 rings (SSSR count). The molecule has 0 spiro atoms. The number of aliphatic hydroxyl groups is 1. The molecule has 35 heavy (non-hydrogen) atoms. The van der Waals surface area contributed by atoms with Gasteiger partial charge >= 0.3 is 0 Å². The molecule has 2 heterocycles. The molecule has 2 saturated heterocycles. The Labute approximate surface area is 204 Å². The first kappa shape index (κ1) is 24.6. The van der Waals surface area contributed by atoms with Crippen LogP contribution in [0.5, 0.6) is 17.2 Å². The summed E-state index contributed by atoms with van der Waals surface area (Å²) in [4.78, 5) is 30.1. The zero-order valence-corrected chi connectivity index (χ0v) is 20.2. The van der Waals surface area contributed by atoms with E-state index in [0.29, 0.717) is 54.7 Å². The summed E-state index contributed by atoms with van der Waals surface area (Å²) in [5, 5.41) is 11.3. The smallest absolute Gasteiger partial charge is 0.295 e. The van der Waals surface area contributed by atoms with Gasteiger partial charge < -0.3 is 29.0 Å². The van der Waals surface area contributed by atoms with Crippen molar-refractivity contribution in [2.75, 3.05) is 60.7 Å². The molecule has 0 aliphatic carbocycles. The number of hydrogen-bond donors (Lipinski definition) is 1. The summed E-state index contributed by atoms with van der Waals surface area (Å²) in [7, 11) is 4.57. The van der Waals surface area contributed by atoms with Crippen molar-refractivity contribution in [1.29, 1.82) is 0 Å². The van der Waals surface area contributed by atoms with Crippen LogP contribution in [0.3, 0.4) is 0 Å². The molecule has 1 N–H and O–H groups in total. The van der Waals surface area contributed by atoms with Crippen molar-refractivity contribution >= 4 is 17.4 Å². The Morgan fingerprint density at radius 3 is 2.26 bits per heavy atom. The molecule has 2 aromatic carbocycles. The maximum Gasteiger partial charge on any atom is 0.295 e. The van der Waals surface area contributed by atoms with Crippen LogP contribution in [-0.2, 0) is 14.3 Å². The number of hydrogen-bond acceptors (Lipinski definition) is 8. The largest absolute Gasteiger partial charge is 0.507 e. The van der Waals surface area contributed by atoms with E-state index in [9.17, 15) is 14.7 Å². The lowest BCUT2D eigenvalue weighted by Gasteiger charge is -2.31. The number of benzene rings is 2. The fourth-order valence-corrected chi connectivity index (χ4v) is 4.46. The SMILES string of the molecule is COc1ccc([C@@H]2/C(=C(\O)c3ccc(OC)c(OC)c3)C(=O)C(=O)N2CCN2CCOCC2)cc1. The lowest BCUT2D eigenvalue weighted by molar-refractivity contribution is -0.140. The van der Waals surface area contributed by atoms with Gasteiger partial charge in [0.1, 0.15) is 11.5 Å². The third-order valence-electron chi connectivity index (χ3n) is 6.39. The molecule has 1 amide bonds. The molecule has 186 valence electrons. The van der Waals surface area contributed by atoms with E-state index >= 15 is 0 Å². The zero-order chi connectivity index (χ0) is 24.9. The Morgan fingerprint density at radius 2 is 1.63 bits per heavy atom. The van der Waals surface area contributed by atoms with Gasteiger partial charge in [-0.15, -0.1) is 0 Å². The van der Waals surface area contributed by atoms with Gasteiger partial charge in [0.25, 0.3) is 11.7 Å². The van der Waals surface area contributed by atoms with Gasteiger partial charge in [0.2, 0.25) is 0 Å². The number of carbonyl (C=O) groups is 2. The fraction of sp³-hybridized carbons (Fsp3) is 0.385. The van der Waals surface area contributed by atoms with E-state index in [1.165, 1.54) is 19.1 Å². The predicted molar refractivity (Wildman–Crippen MR) is 129 cm³/mol. The molecule has 0 bridgehead atoms. The van der Waals surface area contributed by atoms with Crippen molar-refractivity contribution in [3.05, 3.63) is 59.2 Å². The van der Waals surface area contributed by atoms with Crippen LogP contribution in [0.25, 0.3) is 5.76 Å². The number of amides is 1. The van der Waals surface area contributed by atoms with Gasteiger partial charge in [-0.05, 0) is 35.9 Å². The number of rotatable bonds is 8. The standard InChI is InChI=1S/C26H30N2O7/c1-32-19-7-4-17(5-8-19)23-22(24(29)18-6-9-20(33-2)21(16-18)34-3)25(30)26(31)28(23)11-10-27-12-14-35-15-13-27/h4-9,16,23,29H,10-15H2,1-3H3/b24-22+/t23-/m1/s1. The van der Waals surface area contributed by atoms with E-state index in [1.807, 2.05) is 0 Å². The Bertz CT molecular complexity index is 1110. The average molecular weight is 483 g/mol. The fourth-order valence-electron chi connectivity index (χ4n) is 4.46. The number of Topliss-reactive ketones (excluding diaryl/α,β-unsaturated/α-hetero) is 1. The van der Waals surface area contributed by atoms with Gasteiger partial charge in [-0.1, -0.05) is 12.1 Å². The van der Waals surface area contributed by atoms with Crippen LogP contribution in [0.4, 0.5) is 0 Å². The molecule has 2 fully saturated rings. The van der Waals surface area contributed by atoms with Crippen LogP contribution in [0.15, 0.2) is 48.0 Å². The van der Waals surface area contributed by atoms with E-state index in [-0.39, 0.29) is 11.3 Å². The lowest BCUT2D eigenvalue weighted by Crippen LogP contribution is -2.42. The Balaban J connectivity index is 1.75. The second-order valence-corrected chi connectivity index (χ2v) is 8.29. The van der Waals surface area contributed by atoms with E-state index in [0.717, 1.165) is 13.1 Å². The summed E-state index contributed by atoms with van der Waals surface area (Å²) in [6, 6.07) is 11.3. The second-order valence-electron chi connectivity index (χ2n) is 8.29. The van der Waals surface area contributed by atoms with Gasteiger partial charge in [0.05, 0.1) is 46.2 Å². The van der Waals surface area contributed by atoms with Crippen LogP contribution in [-0.4, -0.2) is 87.3 Å². The van der Waals surface area contributed by atoms with Crippen LogP contribution in [0.2, 0.25) is 0 Å². The van der Waals surface area contributed by atoms with E-state index in [2.05, 4.69) is 4.90 Å². The molecule has 0 radical (unpaired) electrons. The minimum absolute atomic E-state index is 0.0364. The van der Waals surface area contributed by atoms with Crippen molar-refractivity contribution < 1.29 is 33.6 Å². The number of carbonyl (C=O) groups excluding carboxylic acids is 2. The third kappa shape index (κ3) is 4.96. The molecule has 9 nitrogen and oxygen atoms in total. The van der Waals surface area contributed by atoms with Crippen LogP contribution >= 0.6 is 0 Å². The molecule has 0 aromatic heterocycles. The van der Waals surface area contributed by atoms with Crippen LogP contribution < -0.4 is 14.2 Å². The van der Waals surface area contributed by atoms with Gasteiger partial charge in [-0.2, -0.15) is 0 Å². The Morgan fingerprint density at radius 1 is 0.943 bits per heavy atom. The minimum Gasteiger partial charge on any atom is -0.507 e. The van der Waals surface area contributed by atoms with Crippen molar-refractivity contribution in [3.63, 3.8) is 0 Å². The number of morpholine rings is 1. The summed E-state index contributed by atoms with van der Waals surface area (Å²) in [6.45, 7) is 3.75. The maximum absolute atomic E-state index is 13.2. The van der Waals surface area contributed by atoms with Crippen molar-refractivity contribution in [3.8, 4) is 17.2 Å². The molecule has 0 unspecified atom stereocenters. The monoisotopic (exact) mass is 482 g/mol. The highest BCUT2D eigenvalue weighted by atomic mass is 16.5. The lowest BCUT2D eigenvalue weighted by atomic mass is 9.95. The molecule has 2 aromatic rings. The second kappa shape index (κ2) is 10.8. The number of nitrogens with zero attached hydrogens (tertiary/aromatic N) is 2. The first-order chi connectivity index (χ1) is 17.0. The maximum atomic E-state index is 13.2. The normalized spacial score (nSPS) is 20.2. The first-order valence-electron chi connectivity index (χ1n) is 11.4. The number of aliphatic hydroxyl groups excluding tert-OH is 1. The summed E-state index contributed by atoms with van der Waals surface area (Å²) in [5.74, 6) is -0.0834. The van der Waals surface area contributed by atoms with Crippen molar-refractivity contribution in [2.24, 2.45) is 0 Å². The molecule has 2 aliphatic rings. The highest BCUT2D eigenvalue weighted by molar-refractivity contribution is 6.46. The quantitative estimate of drug-likeness (QED) is 0.348. The zero-order valence-electron chi connectivity index (χ0n) is 20.2. The van der Waals surface area contributed by atoms with Gasteiger partial charge in [-0.25, -0.2) is 0 Å². The third-order valence-corrected chi connectivity index (χ3v) is 6.39. The number of ketones is 1.